The monoisotopic (exact) mass is 367 g/mol. The Morgan fingerprint density at radius 3 is 2.31 bits per heavy atom. The number of carboxylic acid groups (broad SMARTS) is 1. The molecule has 0 bridgehead atoms. The summed E-state index contributed by atoms with van der Waals surface area (Å²) >= 11 is 4.87. The molecule has 0 aliphatic rings. The number of carbonyl (C=O) groups is 1. The Kier molecular flexibility index (Phi) is 4.72. The molecule has 130 valence electrons. The van der Waals surface area contributed by atoms with Crippen molar-refractivity contribution in [2.45, 2.75) is 0 Å². The lowest BCUT2D eigenvalue weighted by atomic mass is 10.1. The fourth-order valence-corrected chi connectivity index (χ4v) is 2.39. The number of rotatable bonds is 4. The van der Waals surface area contributed by atoms with Gasteiger partial charge in [0.2, 0.25) is 0 Å². The Morgan fingerprint density at radius 1 is 1.08 bits per heavy atom. The van der Waals surface area contributed by atoms with E-state index in [0.29, 0.717) is 11.4 Å². The van der Waals surface area contributed by atoms with E-state index < -0.39 is 11.5 Å². The highest BCUT2D eigenvalue weighted by molar-refractivity contribution is 7.80. The zero-order valence-electron chi connectivity index (χ0n) is 13.3. The lowest BCUT2D eigenvalue weighted by Crippen LogP contribution is -2.29. The first-order valence-electron chi connectivity index (χ1n) is 7.42. The molecule has 0 saturated carbocycles. The topological polar surface area (TPSA) is 126 Å². The highest BCUT2D eigenvalue weighted by atomic mass is 32.1. The van der Waals surface area contributed by atoms with Gasteiger partial charge in [0.25, 0.3) is 0 Å². The van der Waals surface area contributed by atoms with Crippen molar-refractivity contribution in [3.05, 3.63) is 70.5 Å². The Morgan fingerprint density at radius 2 is 1.73 bits per heavy atom. The Bertz CT molecular complexity index is 1050. The predicted molar refractivity (Wildman–Crippen MR) is 100 cm³/mol. The van der Waals surface area contributed by atoms with E-state index in [0.717, 1.165) is 10.2 Å². The fourth-order valence-electron chi connectivity index (χ4n) is 2.26. The van der Waals surface area contributed by atoms with Crippen molar-refractivity contribution >= 4 is 34.7 Å². The molecule has 0 saturated heterocycles. The fraction of sp³-hybridized carbons (Fsp3) is 0. The van der Waals surface area contributed by atoms with Gasteiger partial charge in [-0.2, -0.15) is 9.80 Å². The van der Waals surface area contributed by atoms with E-state index in [1.54, 1.807) is 12.1 Å². The molecule has 2 aromatic carbocycles. The predicted octanol–water partition coefficient (Wildman–Crippen LogP) is 3.05. The number of aromatic carboxylic acids is 1. The van der Waals surface area contributed by atoms with Crippen LogP contribution in [0.15, 0.2) is 69.6 Å². The third-order valence-corrected chi connectivity index (χ3v) is 3.71. The number of hydrogen-bond donors (Lipinski definition) is 3. The quantitative estimate of drug-likeness (QED) is 0.483. The Labute approximate surface area is 152 Å². The van der Waals surface area contributed by atoms with Gasteiger partial charge in [0.15, 0.2) is 10.8 Å². The molecular formula is C17H13N5O3S. The number of aromatic amines is 1. The van der Waals surface area contributed by atoms with Crippen molar-refractivity contribution < 1.29 is 9.90 Å². The molecule has 0 spiro atoms. The first kappa shape index (κ1) is 17.2. The number of H-pyrrole nitrogens is 1. The summed E-state index contributed by atoms with van der Waals surface area (Å²) < 4.78 is 1.01. The van der Waals surface area contributed by atoms with Crippen LogP contribution in [0.2, 0.25) is 0 Å². The van der Waals surface area contributed by atoms with Gasteiger partial charge in [0, 0.05) is 5.56 Å². The summed E-state index contributed by atoms with van der Waals surface area (Å²) in [4.78, 5) is 23.4. The minimum Gasteiger partial charge on any atom is -0.478 e. The Hall–Kier alpha value is -3.59. The molecule has 26 heavy (non-hydrogen) atoms. The molecule has 0 atom stereocenters. The number of nitrogens with two attached hydrogens (primary N) is 1. The van der Waals surface area contributed by atoms with Crippen molar-refractivity contribution in [1.29, 1.82) is 0 Å². The SMILES string of the molecule is NC(=S)n1[nH]c(-c2ccccc2)c(N=Nc2ccc(C(=O)O)cc2)c1=O. The summed E-state index contributed by atoms with van der Waals surface area (Å²) in [6, 6.07) is 14.9. The number of carboxylic acids is 1. The van der Waals surface area contributed by atoms with Crippen molar-refractivity contribution in [3.8, 4) is 11.3 Å². The number of azo groups is 1. The van der Waals surface area contributed by atoms with Crippen LogP contribution in [-0.4, -0.2) is 26.0 Å². The van der Waals surface area contributed by atoms with E-state index in [-0.39, 0.29) is 16.4 Å². The van der Waals surface area contributed by atoms with E-state index in [1.807, 2.05) is 18.2 Å². The van der Waals surface area contributed by atoms with Crippen molar-refractivity contribution in [2.75, 3.05) is 0 Å². The summed E-state index contributed by atoms with van der Waals surface area (Å²) in [5.41, 5.74) is 6.76. The van der Waals surface area contributed by atoms with Crippen LogP contribution < -0.4 is 11.3 Å². The highest BCUT2D eigenvalue weighted by Gasteiger charge is 2.17. The average molecular weight is 367 g/mol. The second kappa shape index (κ2) is 7.11. The molecule has 0 unspecified atom stereocenters. The molecule has 0 radical (unpaired) electrons. The molecule has 3 rings (SSSR count). The average Bonchev–Trinajstić information content (AvgIpc) is 2.98. The molecule has 0 aliphatic heterocycles. The van der Waals surface area contributed by atoms with Crippen LogP contribution >= 0.6 is 12.2 Å². The van der Waals surface area contributed by atoms with E-state index in [9.17, 15) is 9.59 Å². The summed E-state index contributed by atoms with van der Waals surface area (Å²) in [5, 5.41) is 19.6. The number of hydrogen-bond acceptors (Lipinski definition) is 5. The van der Waals surface area contributed by atoms with Crippen LogP contribution in [0.25, 0.3) is 11.3 Å². The number of nitrogens with zero attached hydrogens (tertiary/aromatic N) is 3. The van der Waals surface area contributed by atoms with Gasteiger partial charge in [-0.05, 0) is 36.5 Å². The zero-order chi connectivity index (χ0) is 18.7. The van der Waals surface area contributed by atoms with Crippen LogP contribution in [-0.2, 0) is 0 Å². The second-order valence-corrected chi connectivity index (χ2v) is 5.65. The minimum absolute atomic E-state index is 0.0475. The van der Waals surface area contributed by atoms with Crippen LogP contribution in [0.1, 0.15) is 10.4 Å². The maximum absolute atomic E-state index is 12.5. The number of thiocarbonyl (C=S) groups is 1. The van der Waals surface area contributed by atoms with Gasteiger partial charge < -0.3 is 10.8 Å². The number of benzene rings is 2. The third kappa shape index (κ3) is 3.42. The maximum atomic E-state index is 12.5. The van der Waals surface area contributed by atoms with Gasteiger partial charge in [-0.1, -0.05) is 30.3 Å². The van der Waals surface area contributed by atoms with Gasteiger partial charge >= 0.3 is 11.5 Å². The molecule has 9 heteroatoms. The molecule has 8 nitrogen and oxygen atoms in total. The molecule has 0 aliphatic carbocycles. The maximum Gasteiger partial charge on any atom is 0.335 e. The van der Waals surface area contributed by atoms with Gasteiger partial charge in [0.1, 0.15) is 0 Å². The second-order valence-electron chi connectivity index (χ2n) is 5.23. The first-order valence-corrected chi connectivity index (χ1v) is 7.83. The summed E-state index contributed by atoms with van der Waals surface area (Å²) in [5.74, 6) is -1.04. The van der Waals surface area contributed by atoms with Crippen LogP contribution in [0.4, 0.5) is 11.4 Å². The van der Waals surface area contributed by atoms with Crippen LogP contribution in [0.3, 0.4) is 0 Å². The van der Waals surface area contributed by atoms with E-state index in [1.165, 1.54) is 24.3 Å². The van der Waals surface area contributed by atoms with Crippen molar-refractivity contribution in [2.24, 2.45) is 16.0 Å². The molecule has 0 fully saturated rings. The lowest BCUT2D eigenvalue weighted by Gasteiger charge is -1.99. The van der Waals surface area contributed by atoms with Crippen LogP contribution in [0, 0.1) is 0 Å². The molecule has 3 aromatic rings. The third-order valence-electron chi connectivity index (χ3n) is 3.53. The molecular weight excluding hydrogens is 354 g/mol. The summed E-state index contributed by atoms with van der Waals surface area (Å²) in [6.07, 6.45) is 0. The van der Waals surface area contributed by atoms with Crippen molar-refractivity contribution in [3.63, 3.8) is 0 Å². The van der Waals surface area contributed by atoms with Crippen molar-refractivity contribution in [1.82, 2.24) is 9.78 Å². The molecule has 1 aromatic heterocycles. The highest BCUT2D eigenvalue weighted by Crippen LogP contribution is 2.27. The minimum atomic E-state index is -1.04. The largest absolute Gasteiger partial charge is 0.478 e. The first-order chi connectivity index (χ1) is 12.5. The van der Waals surface area contributed by atoms with Gasteiger partial charge in [-0.3, -0.25) is 9.89 Å². The van der Waals surface area contributed by atoms with Gasteiger partial charge in [-0.25, -0.2) is 4.79 Å². The van der Waals surface area contributed by atoms with E-state index in [4.69, 9.17) is 23.1 Å². The molecule has 4 N–H and O–H groups in total. The zero-order valence-corrected chi connectivity index (χ0v) is 14.1. The Balaban J connectivity index is 2.04. The summed E-state index contributed by atoms with van der Waals surface area (Å²) in [6.45, 7) is 0. The number of aromatic nitrogens is 2. The van der Waals surface area contributed by atoms with Gasteiger partial charge in [0.05, 0.1) is 16.9 Å². The molecule has 1 heterocycles. The lowest BCUT2D eigenvalue weighted by molar-refractivity contribution is 0.0697. The summed E-state index contributed by atoms with van der Waals surface area (Å²) in [7, 11) is 0. The standard InChI is InChI=1S/C17H13N5O3S/c18-17(26)22-15(23)14(13(21-22)10-4-2-1-3-5-10)20-19-12-8-6-11(7-9-12)16(24)25/h1-9,21H,(H2,18,26)(H,24,25). The number of nitrogens with one attached hydrogen (secondary N) is 1. The molecule has 0 amide bonds. The smallest absolute Gasteiger partial charge is 0.335 e. The van der Waals surface area contributed by atoms with Gasteiger partial charge in [-0.15, -0.1) is 5.11 Å². The van der Waals surface area contributed by atoms with E-state index in [2.05, 4.69) is 15.3 Å². The van der Waals surface area contributed by atoms with E-state index >= 15 is 0 Å². The normalized spacial score (nSPS) is 10.9. The van der Waals surface area contributed by atoms with Crippen LogP contribution in [0.5, 0.6) is 0 Å².